The highest BCUT2D eigenvalue weighted by atomic mass is 32.1. The summed E-state index contributed by atoms with van der Waals surface area (Å²) in [5.41, 5.74) is 0. The molecule has 0 saturated heterocycles. The van der Waals surface area contributed by atoms with Crippen LogP contribution in [0.4, 0.5) is 0 Å². The highest BCUT2D eigenvalue weighted by molar-refractivity contribution is 7.80. The van der Waals surface area contributed by atoms with Crippen LogP contribution in [0.15, 0.2) is 12.2 Å². The molecule has 0 aliphatic carbocycles. The first kappa shape index (κ1) is 13.9. The molecule has 0 aliphatic heterocycles. The first-order valence-corrected chi connectivity index (χ1v) is 4.90. The minimum absolute atomic E-state index is 0.276. The fraction of sp³-hybridized carbons (Fsp3) is 0.500. The average molecular weight is 234 g/mol. The van der Waals surface area contributed by atoms with Gasteiger partial charge in [0.05, 0.1) is 6.54 Å². The molecule has 0 saturated carbocycles. The molecular weight excluding hydrogens is 220 g/mol. The zero-order valence-electron chi connectivity index (χ0n) is 8.01. The van der Waals surface area contributed by atoms with Crippen molar-refractivity contribution >= 4 is 24.4 Å². The zero-order valence-corrected chi connectivity index (χ0v) is 8.91. The van der Waals surface area contributed by atoms with Crippen LogP contribution in [0, 0.1) is 0 Å². The predicted molar refractivity (Wildman–Crippen MR) is 57.2 cm³/mol. The van der Waals surface area contributed by atoms with Gasteiger partial charge in [0.25, 0.3) is 0 Å². The molecule has 86 valence electrons. The molecule has 0 radical (unpaired) electrons. The Kier molecular flexibility index (Phi) is 7.69. The molecule has 0 fully saturated rings. The van der Waals surface area contributed by atoms with Crippen LogP contribution < -0.4 is 10.6 Å². The van der Waals surface area contributed by atoms with Crippen LogP contribution in [0.1, 0.15) is 0 Å². The number of carbonyl (C=O) groups excluding carboxylic acids is 2. The van der Waals surface area contributed by atoms with Gasteiger partial charge < -0.3 is 20.8 Å². The molecule has 0 aromatic carbocycles. The average Bonchev–Trinajstić information content (AvgIpc) is 2.20. The minimum atomic E-state index is -1.60. The Morgan fingerprint density at radius 1 is 1.20 bits per heavy atom. The first-order valence-electron chi connectivity index (χ1n) is 4.27. The molecule has 7 heteroatoms. The lowest BCUT2D eigenvalue weighted by atomic mass is 10.4. The normalized spacial score (nSPS) is 10.7. The van der Waals surface area contributed by atoms with E-state index < -0.39 is 18.1 Å². The van der Waals surface area contributed by atoms with Gasteiger partial charge in [-0.25, -0.2) is 0 Å². The fourth-order valence-electron chi connectivity index (χ4n) is 0.640. The Morgan fingerprint density at radius 3 is 2.20 bits per heavy atom. The zero-order chi connectivity index (χ0) is 11.7. The monoisotopic (exact) mass is 234 g/mol. The van der Waals surface area contributed by atoms with Crippen molar-refractivity contribution in [2.24, 2.45) is 0 Å². The topological polar surface area (TPSA) is 98.7 Å². The molecule has 0 aliphatic rings. The number of rotatable bonds is 6. The third kappa shape index (κ3) is 9.26. The quantitative estimate of drug-likeness (QED) is 0.209. The second-order valence-electron chi connectivity index (χ2n) is 2.57. The van der Waals surface area contributed by atoms with Gasteiger partial charge >= 0.3 is 0 Å². The van der Waals surface area contributed by atoms with Gasteiger partial charge in [-0.2, -0.15) is 12.6 Å². The van der Waals surface area contributed by atoms with Crippen molar-refractivity contribution in [3.63, 3.8) is 0 Å². The van der Waals surface area contributed by atoms with Crippen molar-refractivity contribution in [3.8, 4) is 0 Å². The van der Waals surface area contributed by atoms with E-state index in [2.05, 4.69) is 23.3 Å². The van der Waals surface area contributed by atoms with E-state index in [4.69, 9.17) is 10.2 Å². The molecule has 0 atom stereocenters. The van der Waals surface area contributed by atoms with E-state index in [1.54, 1.807) is 0 Å². The summed E-state index contributed by atoms with van der Waals surface area (Å²) in [4.78, 5) is 21.8. The molecule has 4 N–H and O–H groups in total. The van der Waals surface area contributed by atoms with Crippen LogP contribution >= 0.6 is 12.6 Å². The minimum Gasteiger partial charge on any atom is -0.367 e. The van der Waals surface area contributed by atoms with Gasteiger partial charge in [-0.15, -0.1) is 0 Å². The lowest BCUT2D eigenvalue weighted by Crippen LogP contribution is -2.31. The lowest BCUT2D eigenvalue weighted by molar-refractivity contribution is -0.120. The second kappa shape index (κ2) is 8.27. The summed E-state index contributed by atoms with van der Waals surface area (Å²) in [5, 5.41) is 21.5. The maximum Gasteiger partial charge on any atom is 0.244 e. The summed E-state index contributed by atoms with van der Waals surface area (Å²) in [6, 6.07) is 0. The van der Waals surface area contributed by atoms with Gasteiger partial charge in [-0.1, -0.05) is 0 Å². The number of nitrogens with one attached hydrogen (secondary N) is 2. The molecular formula is C8H14N2O4S. The number of carbonyl (C=O) groups is 2. The molecule has 0 spiro atoms. The van der Waals surface area contributed by atoms with Crippen LogP contribution in [-0.4, -0.2) is 47.2 Å². The van der Waals surface area contributed by atoms with E-state index in [-0.39, 0.29) is 6.54 Å². The second-order valence-corrected chi connectivity index (χ2v) is 3.02. The van der Waals surface area contributed by atoms with Crippen molar-refractivity contribution in [1.82, 2.24) is 10.6 Å². The number of thiol groups is 1. The Morgan fingerprint density at radius 2 is 1.73 bits per heavy atom. The number of hydrogen-bond donors (Lipinski definition) is 5. The lowest BCUT2D eigenvalue weighted by Gasteiger charge is -2.02. The molecule has 0 heterocycles. The van der Waals surface area contributed by atoms with Crippen LogP contribution in [0.2, 0.25) is 0 Å². The van der Waals surface area contributed by atoms with Crippen LogP contribution in [0.25, 0.3) is 0 Å². The SMILES string of the molecule is O=C(/C=C/C(=O)NCC(O)O)NCCS. The maximum atomic E-state index is 10.9. The van der Waals surface area contributed by atoms with E-state index in [9.17, 15) is 9.59 Å². The summed E-state index contributed by atoms with van der Waals surface area (Å²) < 4.78 is 0. The number of aliphatic hydroxyl groups is 2. The van der Waals surface area contributed by atoms with E-state index >= 15 is 0 Å². The summed E-state index contributed by atoms with van der Waals surface area (Å²) in [7, 11) is 0. The van der Waals surface area contributed by atoms with Crippen molar-refractivity contribution in [2.45, 2.75) is 6.29 Å². The van der Waals surface area contributed by atoms with E-state index in [0.29, 0.717) is 12.3 Å². The Bertz CT molecular complexity index is 243. The molecule has 0 bridgehead atoms. The molecule has 0 rings (SSSR count). The standard InChI is InChI=1S/C8H14N2O4S/c11-6(9-3-4-15)1-2-7(12)10-5-8(13)14/h1-2,8,13-15H,3-5H2,(H,9,11)(H,10,12)/b2-1+. The highest BCUT2D eigenvalue weighted by Crippen LogP contribution is 1.78. The molecule has 6 nitrogen and oxygen atoms in total. The van der Waals surface area contributed by atoms with E-state index in [0.717, 1.165) is 12.2 Å². The van der Waals surface area contributed by atoms with Gasteiger partial charge in [0.2, 0.25) is 11.8 Å². The van der Waals surface area contributed by atoms with Crippen LogP contribution in [-0.2, 0) is 9.59 Å². The molecule has 2 amide bonds. The van der Waals surface area contributed by atoms with Crippen LogP contribution in [0.3, 0.4) is 0 Å². The fourth-order valence-corrected chi connectivity index (χ4v) is 0.752. The molecule has 0 unspecified atom stereocenters. The molecule has 0 aromatic rings. The van der Waals surface area contributed by atoms with Crippen molar-refractivity contribution in [2.75, 3.05) is 18.8 Å². The summed E-state index contributed by atoms with van der Waals surface area (Å²) in [5.74, 6) is -0.449. The van der Waals surface area contributed by atoms with Gasteiger partial charge in [0.1, 0.15) is 0 Å². The summed E-state index contributed by atoms with van der Waals surface area (Å²) in [6.45, 7) is 0.144. The number of aliphatic hydroxyl groups excluding tert-OH is 1. The van der Waals surface area contributed by atoms with Gasteiger partial charge in [-0.05, 0) is 0 Å². The Labute approximate surface area is 92.8 Å². The molecule has 15 heavy (non-hydrogen) atoms. The van der Waals surface area contributed by atoms with Gasteiger partial charge in [-0.3, -0.25) is 9.59 Å². The number of amides is 2. The Hall–Kier alpha value is -1.05. The van der Waals surface area contributed by atoms with Crippen molar-refractivity contribution in [3.05, 3.63) is 12.2 Å². The van der Waals surface area contributed by atoms with E-state index in [1.807, 2.05) is 0 Å². The van der Waals surface area contributed by atoms with Gasteiger partial charge in [0, 0.05) is 24.4 Å². The Balaban J connectivity index is 3.74. The van der Waals surface area contributed by atoms with E-state index in [1.165, 1.54) is 0 Å². The van der Waals surface area contributed by atoms with Crippen LogP contribution in [0.5, 0.6) is 0 Å². The third-order valence-electron chi connectivity index (χ3n) is 1.26. The summed E-state index contributed by atoms with van der Waals surface area (Å²) >= 11 is 3.89. The predicted octanol–water partition coefficient (Wildman–Crippen LogP) is -1.98. The smallest absolute Gasteiger partial charge is 0.244 e. The third-order valence-corrected chi connectivity index (χ3v) is 1.48. The maximum absolute atomic E-state index is 10.9. The number of hydrogen-bond acceptors (Lipinski definition) is 5. The molecule has 0 aromatic heterocycles. The van der Waals surface area contributed by atoms with Gasteiger partial charge in [0.15, 0.2) is 6.29 Å². The van der Waals surface area contributed by atoms with Crippen molar-refractivity contribution in [1.29, 1.82) is 0 Å². The van der Waals surface area contributed by atoms with Crippen molar-refractivity contribution < 1.29 is 19.8 Å². The largest absolute Gasteiger partial charge is 0.367 e. The summed E-state index contributed by atoms with van der Waals surface area (Å²) in [6.07, 6.45) is 0.471. The first-order chi connectivity index (χ1) is 7.06. The highest BCUT2D eigenvalue weighted by Gasteiger charge is 2.00.